The maximum absolute atomic E-state index is 7.22. The fourth-order valence-electron chi connectivity index (χ4n) is 1.55. The Hall–Kier alpha value is -1.91. The predicted molar refractivity (Wildman–Crippen MR) is 58.0 cm³/mol. The second-order valence-electron chi connectivity index (χ2n) is 3.43. The minimum absolute atomic E-state index is 0.162. The van der Waals surface area contributed by atoms with E-state index in [2.05, 4.69) is 10.2 Å². The first kappa shape index (κ1) is 9.64. The molecule has 2 aromatic heterocycles. The van der Waals surface area contributed by atoms with E-state index in [1.54, 1.807) is 0 Å². The Bertz CT molecular complexity index is 499. The quantitative estimate of drug-likeness (QED) is 0.571. The summed E-state index contributed by atoms with van der Waals surface area (Å²) in [6, 6.07) is 3.85. The van der Waals surface area contributed by atoms with Crippen molar-refractivity contribution < 1.29 is 0 Å². The summed E-state index contributed by atoms with van der Waals surface area (Å²) in [5, 5.41) is 15.3. The van der Waals surface area contributed by atoms with Crippen LogP contribution in [-0.2, 0) is 12.8 Å². The summed E-state index contributed by atoms with van der Waals surface area (Å²) in [6.45, 7) is 2.04. The molecule has 15 heavy (non-hydrogen) atoms. The fourth-order valence-corrected chi connectivity index (χ4v) is 1.55. The average Bonchev–Trinajstić information content (AvgIpc) is 2.58. The highest BCUT2D eigenvalue weighted by Crippen LogP contribution is 2.08. The van der Waals surface area contributed by atoms with Gasteiger partial charge in [-0.3, -0.25) is 9.81 Å². The molecular weight excluding hydrogens is 190 g/mol. The highest BCUT2D eigenvalue weighted by molar-refractivity contribution is 5.79. The molecule has 0 bridgehead atoms. The second kappa shape index (κ2) is 3.68. The number of amidine groups is 1. The van der Waals surface area contributed by atoms with Gasteiger partial charge < -0.3 is 5.73 Å². The summed E-state index contributed by atoms with van der Waals surface area (Å²) < 4.78 is 1.95. The van der Waals surface area contributed by atoms with E-state index in [-0.39, 0.29) is 5.84 Å². The topological polar surface area (TPSA) is 80.1 Å². The van der Waals surface area contributed by atoms with E-state index in [1.807, 2.05) is 29.7 Å². The van der Waals surface area contributed by atoms with Gasteiger partial charge in [-0.1, -0.05) is 6.92 Å². The van der Waals surface area contributed by atoms with Crippen LogP contribution in [0.2, 0.25) is 0 Å². The number of nitrogens with two attached hydrogens (primary N) is 1. The Morgan fingerprint density at radius 2 is 2.33 bits per heavy atom. The molecule has 0 radical (unpaired) electrons. The molecule has 0 spiro atoms. The maximum Gasteiger partial charge on any atom is 0.161 e. The third kappa shape index (κ3) is 1.81. The Labute approximate surface area is 87.4 Å². The Morgan fingerprint density at radius 3 is 3.00 bits per heavy atom. The van der Waals surface area contributed by atoms with Crippen molar-refractivity contribution in [1.29, 1.82) is 5.41 Å². The van der Waals surface area contributed by atoms with E-state index in [9.17, 15) is 0 Å². The number of hydrogen-bond donors (Lipinski definition) is 2. The second-order valence-corrected chi connectivity index (χ2v) is 3.43. The van der Waals surface area contributed by atoms with Crippen LogP contribution < -0.4 is 5.73 Å². The van der Waals surface area contributed by atoms with Gasteiger partial charge in [0.2, 0.25) is 0 Å². The Balaban J connectivity index is 2.44. The summed E-state index contributed by atoms with van der Waals surface area (Å²) in [4.78, 5) is 0. The van der Waals surface area contributed by atoms with Gasteiger partial charge in [0.05, 0.1) is 5.84 Å². The average molecular weight is 203 g/mol. The van der Waals surface area contributed by atoms with Crippen LogP contribution in [0.25, 0.3) is 5.65 Å². The summed E-state index contributed by atoms with van der Waals surface area (Å²) in [6.07, 6.45) is 3.24. The third-order valence-corrected chi connectivity index (χ3v) is 2.26. The van der Waals surface area contributed by atoms with Gasteiger partial charge in [0.1, 0.15) is 5.82 Å². The molecule has 2 aromatic rings. The predicted octanol–water partition coefficient (Wildman–Crippen LogP) is 0.770. The third-order valence-electron chi connectivity index (χ3n) is 2.26. The van der Waals surface area contributed by atoms with Crippen LogP contribution in [-0.4, -0.2) is 20.4 Å². The van der Waals surface area contributed by atoms with Gasteiger partial charge in [0.25, 0.3) is 0 Å². The van der Waals surface area contributed by atoms with E-state index in [4.69, 9.17) is 11.1 Å². The maximum atomic E-state index is 7.22. The molecule has 2 rings (SSSR count). The molecule has 0 saturated heterocycles. The van der Waals surface area contributed by atoms with Crippen molar-refractivity contribution in [2.45, 2.75) is 19.8 Å². The highest BCUT2D eigenvalue weighted by Gasteiger charge is 2.04. The van der Waals surface area contributed by atoms with Gasteiger partial charge in [-0.25, -0.2) is 0 Å². The first-order chi connectivity index (χ1) is 7.20. The van der Waals surface area contributed by atoms with Crippen molar-refractivity contribution in [3.8, 4) is 0 Å². The molecule has 0 amide bonds. The van der Waals surface area contributed by atoms with Crippen LogP contribution in [0.4, 0.5) is 0 Å². The number of nitrogens with zero attached hydrogens (tertiary/aromatic N) is 3. The highest BCUT2D eigenvalue weighted by atomic mass is 15.2. The first-order valence-electron chi connectivity index (χ1n) is 4.86. The van der Waals surface area contributed by atoms with Crippen LogP contribution >= 0.6 is 0 Å². The van der Waals surface area contributed by atoms with E-state index in [1.165, 1.54) is 0 Å². The first-order valence-corrected chi connectivity index (χ1v) is 4.86. The number of rotatable bonds is 3. The van der Waals surface area contributed by atoms with Crippen molar-refractivity contribution in [3.05, 3.63) is 29.7 Å². The number of pyridine rings is 1. The number of fused-ring (bicyclic) bond motifs is 1. The molecule has 0 aliphatic heterocycles. The standard InChI is InChI=1S/C10H13N5/c1-2-9-13-14-10-6-7(5-8(11)12)3-4-15(9)10/h3-4,6H,2,5H2,1H3,(H3,11,12). The van der Waals surface area contributed by atoms with E-state index >= 15 is 0 Å². The summed E-state index contributed by atoms with van der Waals surface area (Å²) >= 11 is 0. The van der Waals surface area contributed by atoms with Gasteiger partial charge >= 0.3 is 0 Å². The molecule has 0 unspecified atom stereocenters. The lowest BCUT2D eigenvalue weighted by Gasteiger charge is -2.00. The van der Waals surface area contributed by atoms with E-state index in [0.29, 0.717) is 6.42 Å². The van der Waals surface area contributed by atoms with Crippen molar-refractivity contribution in [3.63, 3.8) is 0 Å². The minimum atomic E-state index is 0.162. The van der Waals surface area contributed by atoms with Crippen molar-refractivity contribution >= 4 is 11.5 Å². The molecule has 5 heteroatoms. The SMILES string of the molecule is CCc1nnc2cc(CC(=N)N)ccn12. The molecule has 0 fully saturated rings. The zero-order valence-corrected chi connectivity index (χ0v) is 8.57. The molecule has 0 atom stereocenters. The van der Waals surface area contributed by atoms with Crippen LogP contribution in [0.15, 0.2) is 18.3 Å². The van der Waals surface area contributed by atoms with Gasteiger partial charge in [0, 0.05) is 19.0 Å². The van der Waals surface area contributed by atoms with Crippen molar-refractivity contribution in [2.24, 2.45) is 5.73 Å². The largest absolute Gasteiger partial charge is 0.387 e. The van der Waals surface area contributed by atoms with Gasteiger partial charge in [0.15, 0.2) is 5.65 Å². The number of aryl methyl sites for hydroxylation is 1. The zero-order chi connectivity index (χ0) is 10.8. The van der Waals surface area contributed by atoms with Crippen molar-refractivity contribution in [1.82, 2.24) is 14.6 Å². The number of nitrogens with one attached hydrogen (secondary N) is 1. The molecule has 0 aromatic carbocycles. The smallest absolute Gasteiger partial charge is 0.161 e. The van der Waals surface area contributed by atoms with E-state index in [0.717, 1.165) is 23.5 Å². The molecule has 2 heterocycles. The van der Waals surface area contributed by atoms with Crippen LogP contribution in [0.1, 0.15) is 18.3 Å². The summed E-state index contributed by atoms with van der Waals surface area (Å²) in [5.74, 6) is 1.11. The zero-order valence-electron chi connectivity index (χ0n) is 8.57. The summed E-state index contributed by atoms with van der Waals surface area (Å²) in [5.41, 5.74) is 7.14. The van der Waals surface area contributed by atoms with Gasteiger partial charge in [-0.2, -0.15) is 0 Å². The molecule has 0 saturated carbocycles. The number of aromatic nitrogens is 3. The monoisotopic (exact) mass is 203 g/mol. The lowest BCUT2D eigenvalue weighted by atomic mass is 10.2. The van der Waals surface area contributed by atoms with Crippen LogP contribution in [0, 0.1) is 5.41 Å². The van der Waals surface area contributed by atoms with Crippen LogP contribution in [0.3, 0.4) is 0 Å². The Morgan fingerprint density at radius 1 is 1.53 bits per heavy atom. The molecule has 5 nitrogen and oxygen atoms in total. The lowest BCUT2D eigenvalue weighted by molar-refractivity contribution is 0.908. The van der Waals surface area contributed by atoms with E-state index < -0.39 is 0 Å². The molecule has 0 aliphatic rings. The van der Waals surface area contributed by atoms with Gasteiger partial charge in [-0.15, -0.1) is 10.2 Å². The Kier molecular flexibility index (Phi) is 2.37. The van der Waals surface area contributed by atoms with Gasteiger partial charge in [-0.05, 0) is 17.7 Å². The fraction of sp³-hybridized carbons (Fsp3) is 0.300. The lowest BCUT2D eigenvalue weighted by Crippen LogP contribution is -2.12. The molecule has 0 aliphatic carbocycles. The molecule has 3 N–H and O–H groups in total. The normalized spacial score (nSPS) is 10.7. The van der Waals surface area contributed by atoms with Crippen molar-refractivity contribution in [2.75, 3.05) is 0 Å². The minimum Gasteiger partial charge on any atom is -0.387 e. The van der Waals surface area contributed by atoms with Crippen LogP contribution in [0.5, 0.6) is 0 Å². The number of hydrogen-bond acceptors (Lipinski definition) is 3. The molecular formula is C10H13N5. The molecule has 78 valence electrons. The summed E-state index contributed by atoms with van der Waals surface area (Å²) in [7, 11) is 0.